The first-order chi connectivity index (χ1) is 7.74. The molecule has 1 rings (SSSR count). The van der Waals surface area contributed by atoms with Gasteiger partial charge in [0, 0.05) is 20.2 Å². The molecule has 4 nitrogen and oxygen atoms in total. The summed E-state index contributed by atoms with van der Waals surface area (Å²) in [6.45, 7) is 9.32. The second-order valence-corrected chi connectivity index (χ2v) is 3.85. The highest BCUT2D eigenvalue weighted by atomic mass is 16.7. The van der Waals surface area contributed by atoms with Crippen molar-refractivity contribution in [2.75, 3.05) is 26.8 Å². The van der Waals surface area contributed by atoms with Gasteiger partial charge in [-0.2, -0.15) is 0 Å². The van der Waals surface area contributed by atoms with Crippen LogP contribution in [0.15, 0.2) is 25.3 Å². The van der Waals surface area contributed by atoms with E-state index in [2.05, 4.69) is 18.1 Å². The second kappa shape index (κ2) is 6.81. The number of methoxy groups -OCH3 is 1. The van der Waals surface area contributed by atoms with Crippen LogP contribution in [0.1, 0.15) is 6.42 Å². The number of nitrogens with zero attached hydrogens (tertiary/aromatic N) is 1. The molecule has 0 aromatic rings. The van der Waals surface area contributed by atoms with Gasteiger partial charge in [0.2, 0.25) is 0 Å². The summed E-state index contributed by atoms with van der Waals surface area (Å²) in [5.41, 5.74) is 0. The highest BCUT2D eigenvalue weighted by Crippen LogP contribution is 2.21. The minimum Gasteiger partial charge on any atom is -0.391 e. The van der Waals surface area contributed by atoms with E-state index >= 15 is 0 Å². The van der Waals surface area contributed by atoms with E-state index in [1.54, 1.807) is 19.3 Å². The van der Waals surface area contributed by atoms with Gasteiger partial charge in [0.25, 0.3) is 0 Å². The monoisotopic (exact) mass is 227 g/mol. The van der Waals surface area contributed by atoms with Gasteiger partial charge in [0.1, 0.15) is 0 Å². The lowest BCUT2D eigenvalue weighted by atomic mass is 10.0. The van der Waals surface area contributed by atoms with Crippen LogP contribution in [0.5, 0.6) is 0 Å². The van der Waals surface area contributed by atoms with E-state index in [4.69, 9.17) is 9.47 Å². The van der Waals surface area contributed by atoms with Crippen molar-refractivity contribution in [3.8, 4) is 0 Å². The fourth-order valence-corrected chi connectivity index (χ4v) is 2.03. The Morgan fingerprint density at radius 2 is 2.06 bits per heavy atom. The molecule has 16 heavy (non-hydrogen) atoms. The zero-order valence-corrected chi connectivity index (χ0v) is 9.84. The molecule has 1 N–H and O–H groups in total. The number of hydrogen-bond acceptors (Lipinski definition) is 4. The summed E-state index contributed by atoms with van der Waals surface area (Å²) >= 11 is 0. The quantitative estimate of drug-likeness (QED) is 0.681. The fraction of sp³-hybridized carbons (Fsp3) is 0.667. The zero-order chi connectivity index (χ0) is 12.0. The summed E-state index contributed by atoms with van der Waals surface area (Å²) < 4.78 is 10.7. The second-order valence-electron chi connectivity index (χ2n) is 3.85. The van der Waals surface area contributed by atoms with E-state index in [1.807, 2.05) is 0 Å². The molecule has 1 aliphatic heterocycles. The summed E-state index contributed by atoms with van der Waals surface area (Å²) in [5, 5.41) is 10.0. The first-order valence-corrected chi connectivity index (χ1v) is 5.53. The smallest absolute Gasteiger partial charge is 0.175 e. The average Bonchev–Trinajstić information content (AvgIpc) is 2.28. The van der Waals surface area contributed by atoms with E-state index in [1.165, 1.54) is 0 Å². The van der Waals surface area contributed by atoms with Gasteiger partial charge in [-0.25, -0.2) is 0 Å². The van der Waals surface area contributed by atoms with Crippen LogP contribution in [0.25, 0.3) is 0 Å². The van der Waals surface area contributed by atoms with Crippen molar-refractivity contribution in [2.24, 2.45) is 0 Å². The van der Waals surface area contributed by atoms with Crippen LogP contribution in [-0.4, -0.2) is 55.2 Å². The van der Waals surface area contributed by atoms with E-state index in [0.29, 0.717) is 26.1 Å². The van der Waals surface area contributed by atoms with Crippen LogP contribution in [0.2, 0.25) is 0 Å². The van der Waals surface area contributed by atoms with Gasteiger partial charge >= 0.3 is 0 Å². The fourth-order valence-electron chi connectivity index (χ4n) is 2.03. The van der Waals surface area contributed by atoms with Crippen molar-refractivity contribution >= 4 is 0 Å². The van der Waals surface area contributed by atoms with Crippen molar-refractivity contribution in [2.45, 2.75) is 24.9 Å². The summed E-state index contributed by atoms with van der Waals surface area (Å²) in [7, 11) is 1.59. The van der Waals surface area contributed by atoms with Crippen molar-refractivity contribution in [3.63, 3.8) is 0 Å². The Balaban J connectivity index is 2.74. The van der Waals surface area contributed by atoms with Gasteiger partial charge in [0.15, 0.2) is 6.29 Å². The van der Waals surface area contributed by atoms with Crippen LogP contribution in [0.4, 0.5) is 0 Å². The molecule has 0 spiro atoms. The summed E-state index contributed by atoms with van der Waals surface area (Å²) in [6, 6.07) is -0.158. The molecule has 0 aliphatic carbocycles. The molecule has 1 aliphatic rings. The largest absolute Gasteiger partial charge is 0.391 e. The molecule has 3 atom stereocenters. The van der Waals surface area contributed by atoms with Crippen molar-refractivity contribution in [3.05, 3.63) is 25.3 Å². The molecule has 1 heterocycles. The average molecular weight is 227 g/mol. The first kappa shape index (κ1) is 13.4. The third-order valence-electron chi connectivity index (χ3n) is 2.75. The maximum Gasteiger partial charge on any atom is 0.175 e. The molecule has 0 radical (unpaired) electrons. The summed E-state index contributed by atoms with van der Waals surface area (Å²) in [6.07, 6.45) is 3.42. The predicted octanol–water partition coefficient (Wildman–Crippen LogP) is 0.783. The molecule has 4 heteroatoms. The maximum absolute atomic E-state index is 10.0. The maximum atomic E-state index is 10.0. The topological polar surface area (TPSA) is 41.9 Å². The Hall–Kier alpha value is -0.680. The van der Waals surface area contributed by atoms with E-state index in [-0.39, 0.29) is 12.3 Å². The zero-order valence-electron chi connectivity index (χ0n) is 9.84. The Morgan fingerprint density at radius 1 is 1.44 bits per heavy atom. The molecule has 0 aromatic carbocycles. The van der Waals surface area contributed by atoms with Gasteiger partial charge < -0.3 is 14.6 Å². The molecule has 0 bridgehead atoms. The van der Waals surface area contributed by atoms with Crippen LogP contribution < -0.4 is 0 Å². The van der Waals surface area contributed by atoms with E-state index in [0.717, 1.165) is 0 Å². The lowest BCUT2D eigenvalue weighted by Gasteiger charge is -2.41. The minimum absolute atomic E-state index is 0.158. The SMILES string of the molecule is C=CCN(CC=C)[C@H]1[C@H](OC)OCC[C@H]1O. The number of ether oxygens (including phenoxy) is 2. The van der Waals surface area contributed by atoms with Gasteiger partial charge in [-0.1, -0.05) is 12.2 Å². The van der Waals surface area contributed by atoms with Crippen LogP contribution in [0, 0.1) is 0 Å². The van der Waals surface area contributed by atoms with Gasteiger partial charge in [-0.15, -0.1) is 13.2 Å². The lowest BCUT2D eigenvalue weighted by Crippen LogP contribution is -2.55. The minimum atomic E-state index is -0.432. The number of rotatable bonds is 6. The Morgan fingerprint density at radius 3 is 2.56 bits per heavy atom. The Bertz CT molecular complexity index is 222. The number of aliphatic hydroxyl groups excluding tert-OH is 1. The number of aliphatic hydroxyl groups is 1. The Kier molecular flexibility index (Phi) is 5.69. The lowest BCUT2D eigenvalue weighted by molar-refractivity contribution is -0.212. The normalized spacial score (nSPS) is 30.3. The first-order valence-electron chi connectivity index (χ1n) is 5.53. The van der Waals surface area contributed by atoms with Crippen LogP contribution in [0.3, 0.4) is 0 Å². The van der Waals surface area contributed by atoms with Gasteiger partial charge in [-0.05, 0) is 6.42 Å². The van der Waals surface area contributed by atoms with Gasteiger partial charge in [-0.3, -0.25) is 4.90 Å². The molecule has 1 fully saturated rings. The van der Waals surface area contributed by atoms with Crippen LogP contribution >= 0.6 is 0 Å². The van der Waals surface area contributed by atoms with Crippen molar-refractivity contribution in [1.82, 2.24) is 4.90 Å². The van der Waals surface area contributed by atoms with E-state index < -0.39 is 6.10 Å². The van der Waals surface area contributed by atoms with Crippen molar-refractivity contribution < 1.29 is 14.6 Å². The molecule has 0 saturated carbocycles. The van der Waals surface area contributed by atoms with Crippen LogP contribution in [-0.2, 0) is 9.47 Å². The highest BCUT2D eigenvalue weighted by Gasteiger charge is 2.36. The molecular formula is C12H21NO3. The van der Waals surface area contributed by atoms with E-state index in [9.17, 15) is 5.11 Å². The predicted molar refractivity (Wildman–Crippen MR) is 63.1 cm³/mol. The molecular weight excluding hydrogens is 206 g/mol. The molecule has 92 valence electrons. The summed E-state index contributed by atoms with van der Waals surface area (Å²) in [5.74, 6) is 0. The molecule has 0 aromatic heterocycles. The highest BCUT2D eigenvalue weighted by molar-refractivity contribution is 4.91. The molecule has 0 unspecified atom stereocenters. The third-order valence-corrected chi connectivity index (χ3v) is 2.75. The van der Waals surface area contributed by atoms with Gasteiger partial charge in [0.05, 0.1) is 18.8 Å². The molecule has 1 saturated heterocycles. The standard InChI is InChI=1S/C12H21NO3/c1-4-7-13(8-5-2)11-10(14)6-9-16-12(11)15-3/h4-5,10-12,14H,1-2,6-9H2,3H3/t10-,11-,12-/m1/s1. The molecule has 0 amide bonds. The third kappa shape index (κ3) is 3.15. The van der Waals surface area contributed by atoms with Crippen molar-refractivity contribution in [1.29, 1.82) is 0 Å². The summed E-state index contributed by atoms with van der Waals surface area (Å²) in [4.78, 5) is 2.05. The number of hydrogen-bond donors (Lipinski definition) is 1. The Labute approximate surface area is 97.1 Å².